The summed E-state index contributed by atoms with van der Waals surface area (Å²) in [5, 5.41) is 11.3. The van der Waals surface area contributed by atoms with Crippen molar-refractivity contribution >= 4 is 10.9 Å². The molecule has 21 heavy (non-hydrogen) atoms. The molecule has 0 radical (unpaired) electrons. The fourth-order valence-corrected chi connectivity index (χ4v) is 2.83. The van der Waals surface area contributed by atoms with Crippen molar-refractivity contribution in [2.75, 3.05) is 7.11 Å². The van der Waals surface area contributed by atoms with Gasteiger partial charge in [0.1, 0.15) is 24.0 Å². The number of pyridine rings is 1. The number of nitrogens with zero attached hydrogens (tertiary/aromatic N) is 1. The van der Waals surface area contributed by atoms with Gasteiger partial charge < -0.3 is 38.6 Å². The van der Waals surface area contributed by atoms with Crippen LogP contribution in [0.1, 0.15) is 19.4 Å². The number of aryl methyl sites for hydroxylation is 1. The van der Waals surface area contributed by atoms with Crippen LogP contribution in [0.25, 0.3) is 10.9 Å². The summed E-state index contributed by atoms with van der Waals surface area (Å²) in [5.41, 5.74) is 1.38. The Kier molecular flexibility index (Phi) is 4.35. The zero-order valence-electron chi connectivity index (χ0n) is 12.7. The number of ether oxygens (including phenoxy) is 2. The molecule has 0 spiro atoms. The molecule has 0 aliphatic carbocycles. The van der Waals surface area contributed by atoms with Crippen molar-refractivity contribution in [2.45, 2.75) is 32.0 Å². The minimum Gasteiger partial charge on any atom is -1.00 e. The quantitative estimate of drug-likeness (QED) is 0.480. The fraction of sp³-hybridized carbons (Fsp3) is 0.438. The average Bonchev–Trinajstić information content (AvgIpc) is 2.42. The molecule has 0 saturated heterocycles. The molecule has 1 aliphatic heterocycles. The lowest BCUT2D eigenvalue weighted by Crippen LogP contribution is -3.00. The molecule has 1 N–H and O–H groups in total. The van der Waals surface area contributed by atoms with E-state index >= 15 is 0 Å². The summed E-state index contributed by atoms with van der Waals surface area (Å²) in [4.78, 5) is 0. The van der Waals surface area contributed by atoms with Crippen LogP contribution in [-0.2, 0) is 13.5 Å². The smallest absolute Gasteiger partial charge is 0.375 e. The molecule has 114 valence electrons. The summed E-state index contributed by atoms with van der Waals surface area (Å²) in [6.45, 7) is 3.81. The van der Waals surface area contributed by atoms with Gasteiger partial charge in [-0.25, -0.2) is 0 Å². The maximum Gasteiger partial charge on any atom is 0.375 e. The Bertz CT molecular complexity index is 685. The summed E-state index contributed by atoms with van der Waals surface area (Å²) in [5.74, 6) is 1.57. The van der Waals surface area contributed by atoms with Gasteiger partial charge in [-0.2, -0.15) is 4.57 Å². The lowest BCUT2D eigenvalue weighted by Gasteiger charge is -2.35. The largest absolute Gasteiger partial charge is 1.00 e. The van der Waals surface area contributed by atoms with E-state index in [1.807, 2.05) is 49.7 Å². The van der Waals surface area contributed by atoms with Crippen LogP contribution in [0.15, 0.2) is 24.3 Å². The van der Waals surface area contributed by atoms with Crippen molar-refractivity contribution in [1.82, 2.24) is 0 Å². The van der Waals surface area contributed by atoms with Crippen LogP contribution in [0.3, 0.4) is 0 Å². The average molecular weight is 401 g/mol. The van der Waals surface area contributed by atoms with Gasteiger partial charge in [0.2, 0.25) is 5.52 Å². The molecule has 2 heterocycles. The Balaban J connectivity index is 0.00000161. The number of halogens is 1. The number of aliphatic hydroxyl groups is 1. The predicted octanol–water partition coefficient (Wildman–Crippen LogP) is -1.25. The Hall–Kier alpha value is -1.08. The van der Waals surface area contributed by atoms with Crippen molar-refractivity contribution in [2.24, 2.45) is 7.05 Å². The lowest BCUT2D eigenvalue weighted by molar-refractivity contribution is -0.654. The van der Waals surface area contributed by atoms with Crippen LogP contribution in [0, 0.1) is 0 Å². The minimum atomic E-state index is -0.599. The molecular weight excluding hydrogens is 381 g/mol. The van der Waals surface area contributed by atoms with Gasteiger partial charge in [-0.05, 0) is 19.9 Å². The SMILES string of the molecule is COc1c2c([n+](C)c3ccccc13)OC(C)(C)[C@@H](O)C2.[I-]. The molecule has 0 bridgehead atoms. The third-order valence-electron chi connectivity index (χ3n) is 4.11. The third-order valence-corrected chi connectivity index (χ3v) is 4.11. The van der Waals surface area contributed by atoms with E-state index in [1.54, 1.807) is 7.11 Å². The first-order valence-corrected chi connectivity index (χ1v) is 6.80. The molecule has 4 nitrogen and oxygen atoms in total. The molecule has 3 rings (SSSR count). The molecule has 1 aromatic heterocycles. The van der Waals surface area contributed by atoms with E-state index in [1.165, 1.54) is 0 Å². The summed E-state index contributed by atoms with van der Waals surface area (Å²) in [6, 6.07) is 8.05. The molecule has 1 aromatic carbocycles. The van der Waals surface area contributed by atoms with Gasteiger partial charge >= 0.3 is 5.88 Å². The standard InChI is InChI=1S/C16H20NO3.HI/c1-16(2)13(18)9-11-14(19-4)10-7-5-6-8-12(10)17(3)15(11)20-16;/h5-8,13,18H,9H2,1-4H3;1H/q+1;/p-1/t13-;/m0./s1. The van der Waals surface area contributed by atoms with Crippen molar-refractivity contribution in [3.8, 4) is 11.6 Å². The van der Waals surface area contributed by atoms with Crippen LogP contribution >= 0.6 is 0 Å². The highest BCUT2D eigenvalue weighted by Crippen LogP contribution is 2.39. The van der Waals surface area contributed by atoms with E-state index < -0.39 is 11.7 Å². The topological polar surface area (TPSA) is 42.6 Å². The van der Waals surface area contributed by atoms with E-state index in [-0.39, 0.29) is 24.0 Å². The molecule has 0 amide bonds. The normalized spacial score (nSPS) is 19.4. The Morgan fingerprint density at radius 1 is 1.33 bits per heavy atom. The maximum absolute atomic E-state index is 10.3. The summed E-state index contributed by atoms with van der Waals surface area (Å²) in [6.07, 6.45) is -0.0189. The molecular formula is C16H20INO3. The molecule has 0 saturated carbocycles. The summed E-state index contributed by atoms with van der Waals surface area (Å²) >= 11 is 0. The van der Waals surface area contributed by atoms with Crippen LogP contribution in [-0.4, -0.2) is 23.9 Å². The molecule has 5 heteroatoms. The number of para-hydroxylation sites is 1. The van der Waals surface area contributed by atoms with Gasteiger partial charge in [-0.1, -0.05) is 12.1 Å². The molecule has 2 aromatic rings. The maximum atomic E-state index is 10.3. The third kappa shape index (κ3) is 2.46. The fourth-order valence-electron chi connectivity index (χ4n) is 2.83. The first-order valence-electron chi connectivity index (χ1n) is 6.80. The predicted molar refractivity (Wildman–Crippen MR) is 76.1 cm³/mol. The number of benzene rings is 1. The van der Waals surface area contributed by atoms with Gasteiger partial charge in [0.15, 0.2) is 0 Å². The van der Waals surface area contributed by atoms with Crippen LogP contribution in [0.5, 0.6) is 11.6 Å². The van der Waals surface area contributed by atoms with Crippen LogP contribution in [0.2, 0.25) is 0 Å². The Labute approximate surface area is 141 Å². The monoisotopic (exact) mass is 401 g/mol. The first kappa shape index (κ1) is 16.3. The lowest BCUT2D eigenvalue weighted by atomic mass is 9.91. The zero-order chi connectivity index (χ0) is 14.5. The van der Waals surface area contributed by atoms with Crippen molar-refractivity contribution in [3.63, 3.8) is 0 Å². The number of fused-ring (bicyclic) bond motifs is 2. The second-order valence-electron chi connectivity index (χ2n) is 5.82. The Morgan fingerprint density at radius 3 is 2.67 bits per heavy atom. The number of aliphatic hydroxyl groups excluding tert-OH is 1. The van der Waals surface area contributed by atoms with Crippen LogP contribution < -0.4 is 38.0 Å². The number of methoxy groups -OCH3 is 1. The van der Waals surface area contributed by atoms with Crippen molar-refractivity contribution in [3.05, 3.63) is 29.8 Å². The van der Waals surface area contributed by atoms with Gasteiger partial charge in [0.05, 0.1) is 18.6 Å². The summed E-state index contributed by atoms with van der Waals surface area (Å²) in [7, 11) is 3.64. The first-order chi connectivity index (χ1) is 9.45. The number of rotatable bonds is 1. The van der Waals surface area contributed by atoms with Crippen LogP contribution in [0.4, 0.5) is 0 Å². The number of hydrogen-bond donors (Lipinski definition) is 1. The molecule has 1 atom stereocenters. The van der Waals surface area contributed by atoms with Gasteiger partial charge in [-0.3, -0.25) is 0 Å². The molecule has 0 fully saturated rings. The van der Waals surface area contributed by atoms with E-state index in [4.69, 9.17) is 9.47 Å². The number of hydrogen-bond acceptors (Lipinski definition) is 3. The minimum absolute atomic E-state index is 0. The van der Waals surface area contributed by atoms with E-state index in [9.17, 15) is 5.11 Å². The van der Waals surface area contributed by atoms with E-state index in [0.29, 0.717) is 6.42 Å². The van der Waals surface area contributed by atoms with Gasteiger partial charge in [-0.15, -0.1) is 0 Å². The highest BCUT2D eigenvalue weighted by atomic mass is 127. The highest BCUT2D eigenvalue weighted by Gasteiger charge is 2.42. The Morgan fingerprint density at radius 2 is 2.00 bits per heavy atom. The van der Waals surface area contributed by atoms with E-state index in [0.717, 1.165) is 28.1 Å². The summed E-state index contributed by atoms with van der Waals surface area (Å²) < 4.78 is 13.7. The second-order valence-corrected chi connectivity index (χ2v) is 5.82. The molecule has 1 aliphatic rings. The highest BCUT2D eigenvalue weighted by molar-refractivity contribution is 5.84. The van der Waals surface area contributed by atoms with Crippen molar-refractivity contribution < 1.29 is 43.1 Å². The molecule has 0 unspecified atom stereocenters. The zero-order valence-corrected chi connectivity index (χ0v) is 14.8. The number of aromatic nitrogens is 1. The second kappa shape index (κ2) is 5.61. The van der Waals surface area contributed by atoms with Gasteiger partial charge in [0, 0.05) is 12.5 Å². The van der Waals surface area contributed by atoms with Gasteiger partial charge in [0.25, 0.3) is 0 Å². The van der Waals surface area contributed by atoms with Crippen molar-refractivity contribution in [1.29, 1.82) is 0 Å². The van der Waals surface area contributed by atoms with E-state index in [2.05, 4.69) is 0 Å².